The minimum Gasteiger partial charge on any atom is -0.468 e. The Morgan fingerprint density at radius 3 is 2.50 bits per heavy atom. The summed E-state index contributed by atoms with van der Waals surface area (Å²) < 4.78 is 42.6. The van der Waals surface area contributed by atoms with E-state index in [4.69, 9.17) is 4.42 Å². The Morgan fingerprint density at radius 2 is 1.94 bits per heavy atom. The van der Waals surface area contributed by atoms with Gasteiger partial charge in [-0.25, -0.2) is 0 Å². The van der Waals surface area contributed by atoms with Crippen molar-refractivity contribution >= 4 is 0 Å². The molecule has 1 aliphatic rings. The highest BCUT2D eigenvalue weighted by Gasteiger charge is 2.41. The molecule has 0 aliphatic heterocycles. The second kappa shape index (κ2) is 5.78. The van der Waals surface area contributed by atoms with Gasteiger partial charge in [0.05, 0.1) is 18.7 Å². The number of alkyl halides is 3. The molecule has 1 heterocycles. The molecule has 0 amide bonds. The maximum atomic E-state index is 12.5. The van der Waals surface area contributed by atoms with E-state index >= 15 is 0 Å². The number of hydrogen-bond acceptors (Lipinski definition) is 2. The van der Waals surface area contributed by atoms with Gasteiger partial charge in [-0.15, -0.1) is 0 Å². The lowest BCUT2D eigenvalue weighted by molar-refractivity contribution is -0.183. The lowest BCUT2D eigenvalue weighted by Gasteiger charge is -2.29. The predicted octanol–water partition coefficient (Wildman–Crippen LogP) is 3.74. The van der Waals surface area contributed by atoms with Crippen LogP contribution in [-0.4, -0.2) is 12.7 Å². The lowest BCUT2D eigenvalue weighted by Crippen LogP contribution is -2.31. The van der Waals surface area contributed by atoms with Crippen molar-refractivity contribution in [1.82, 2.24) is 5.32 Å². The van der Waals surface area contributed by atoms with E-state index < -0.39 is 12.1 Å². The van der Waals surface area contributed by atoms with E-state index in [0.717, 1.165) is 12.3 Å². The van der Waals surface area contributed by atoms with Gasteiger partial charge in [-0.3, -0.25) is 0 Å². The molecule has 1 aromatic rings. The molecular formula is C13H18F3NO. The smallest absolute Gasteiger partial charge is 0.391 e. The molecule has 0 aromatic carbocycles. The topological polar surface area (TPSA) is 25.2 Å². The van der Waals surface area contributed by atoms with Gasteiger partial charge in [-0.05, 0) is 50.3 Å². The molecule has 1 fully saturated rings. The van der Waals surface area contributed by atoms with Crippen molar-refractivity contribution in [3.8, 4) is 0 Å². The first-order valence-electron chi connectivity index (χ1n) is 6.35. The van der Waals surface area contributed by atoms with E-state index in [-0.39, 0.29) is 12.8 Å². The lowest BCUT2D eigenvalue weighted by atomic mass is 9.81. The molecule has 5 heteroatoms. The number of rotatable bonds is 4. The molecule has 1 N–H and O–H groups in total. The molecule has 0 atom stereocenters. The summed E-state index contributed by atoms with van der Waals surface area (Å²) in [4.78, 5) is 0. The van der Waals surface area contributed by atoms with Crippen LogP contribution in [0.15, 0.2) is 22.8 Å². The Kier molecular flexibility index (Phi) is 4.32. The fourth-order valence-electron chi connectivity index (χ4n) is 2.51. The summed E-state index contributed by atoms with van der Waals surface area (Å²) in [6.45, 7) is 1.41. The number of halogens is 3. The van der Waals surface area contributed by atoms with Gasteiger partial charge in [0.25, 0.3) is 0 Å². The van der Waals surface area contributed by atoms with Gasteiger partial charge in [0.15, 0.2) is 0 Å². The van der Waals surface area contributed by atoms with Crippen LogP contribution in [0, 0.1) is 11.8 Å². The number of hydrogen-bond donors (Lipinski definition) is 1. The SMILES string of the molecule is FC(F)(F)C1CCC(CNCc2ccco2)CC1. The monoisotopic (exact) mass is 261 g/mol. The maximum absolute atomic E-state index is 12.5. The summed E-state index contributed by atoms with van der Waals surface area (Å²) in [5.74, 6) is 0.136. The quantitative estimate of drug-likeness (QED) is 0.893. The highest BCUT2D eigenvalue weighted by Crippen LogP contribution is 2.39. The van der Waals surface area contributed by atoms with Crippen molar-refractivity contribution in [3.05, 3.63) is 24.2 Å². The zero-order valence-corrected chi connectivity index (χ0v) is 10.2. The summed E-state index contributed by atoms with van der Waals surface area (Å²) >= 11 is 0. The van der Waals surface area contributed by atoms with Gasteiger partial charge in [0, 0.05) is 0 Å². The minimum atomic E-state index is -4.01. The van der Waals surface area contributed by atoms with Gasteiger partial charge >= 0.3 is 6.18 Å². The minimum absolute atomic E-state index is 0.274. The zero-order valence-electron chi connectivity index (χ0n) is 10.2. The molecule has 1 aromatic heterocycles. The fourth-order valence-corrected chi connectivity index (χ4v) is 2.51. The Bertz CT molecular complexity index is 340. The van der Waals surface area contributed by atoms with Crippen molar-refractivity contribution in [2.24, 2.45) is 11.8 Å². The van der Waals surface area contributed by atoms with Crippen LogP contribution < -0.4 is 5.32 Å². The van der Waals surface area contributed by atoms with Crippen molar-refractivity contribution in [3.63, 3.8) is 0 Å². The van der Waals surface area contributed by atoms with Crippen LogP contribution in [0.3, 0.4) is 0 Å². The predicted molar refractivity (Wildman–Crippen MR) is 61.9 cm³/mol. The van der Waals surface area contributed by atoms with E-state index in [9.17, 15) is 13.2 Å². The van der Waals surface area contributed by atoms with Crippen LogP contribution in [-0.2, 0) is 6.54 Å². The van der Waals surface area contributed by atoms with Crippen LogP contribution in [0.4, 0.5) is 13.2 Å². The van der Waals surface area contributed by atoms with E-state index in [0.29, 0.717) is 25.3 Å². The average Bonchev–Trinajstić information content (AvgIpc) is 2.82. The molecule has 102 valence electrons. The maximum Gasteiger partial charge on any atom is 0.391 e. The van der Waals surface area contributed by atoms with E-state index in [1.807, 2.05) is 12.1 Å². The third kappa shape index (κ3) is 3.77. The second-order valence-corrected chi connectivity index (χ2v) is 4.97. The van der Waals surface area contributed by atoms with Crippen LogP contribution in [0.25, 0.3) is 0 Å². The van der Waals surface area contributed by atoms with E-state index in [1.54, 1.807) is 6.26 Å². The van der Waals surface area contributed by atoms with Crippen molar-refractivity contribution in [1.29, 1.82) is 0 Å². The van der Waals surface area contributed by atoms with E-state index in [1.165, 1.54) is 0 Å². The van der Waals surface area contributed by atoms with Crippen molar-refractivity contribution < 1.29 is 17.6 Å². The summed E-state index contributed by atoms with van der Waals surface area (Å²) in [5, 5.41) is 3.24. The van der Waals surface area contributed by atoms with Crippen LogP contribution >= 0.6 is 0 Å². The summed E-state index contributed by atoms with van der Waals surface area (Å²) in [5.41, 5.74) is 0. The molecule has 0 unspecified atom stereocenters. The third-order valence-corrected chi connectivity index (χ3v) is 3.62. The highest BCUT2D eigenvalue weighted by atomic mass is 19.4. The summed E-state index contributed by atoms with van der Waals surface area (Å²) in [6, 6.07) is 3.71. The fraction of sp³-hybridized carbons (Fsp3) is 0.692. The van der Waals surface area contributed by atoms with Gasteiger partial charge in [0.2, 0.25) is 0 Å². The normalized spacial score (nSPS) is 25.3. The Balaban J connectivity index is 1.65. The Hall–Kier alpha value is -0.970. The van der Waals surface area contributed by atoms with E-state index in [2.05, 4.69) is 5.32 Å². The number of nitrogens with one attached hydrogen (secondary N) is 1. The molecule has 2 nitrogen and oxygen atoms in total. The molecule has 0 spiro atoms. The molecule has 2 rings (SSSR count). The third-order valence-electron chi connectivity index (χ3n) is 3.62. The highest BCUT2D eigenvalue weighted by molar-refractivity contribution is 4.97. The molecule has 0 radical (unpaired) electrons. The Labute approximate surface area is 105 Å². The molecule has 1 aliphatic carbocycles. The summed E-state index contributed by atoms with van der Waals surface area (Å²) in [6.07, 6.45) is -0.518. The molecule has 18 heavy (non-hydrogen) atoms. The first-order chi connectivity index (χ1) is 8.55. The molecule has 0 bridgehead atoms. The largest absolute Gasteiger partial charge is 0.468 e. The van der Waals surface area contributed by atoms with Crippen molar-refractivity contribution in [2.75, 3.05) is 6.54 Å². The molecule has 0 saturated heterocycles. The van der Waals surface area contributed by atoms with Crippen LogP contribution in [0.5, 0.6) is 0 Å². The van der Waals surface area contributed by atoms with Crippen LogP contribution in [0.1, 0.15) is 31.4 Å². The average molecular weight is 261 g/mol. The van der Waals surface area contributed by atoms with Gasteiger partial charge in [-0.2, -0.15) is 13.2 Å². The van der Waals surface area contributed by atoms with Gasteiger partial charge in [-0.1, -0.05) is 0 Å². The summed E-state index contributed by atoms with van der Waals surface area (Å²) in [7, 11) is 0. The van der Waals surface area contributed by atoms with Crippen LogP contribution in [0.2, 0.25) is 0 Å². The first kappa shape index (κ1) is 13.5. The van der Waals surface area contributed by atoms with Gasteiger partial charge < -0.3 is 9.73 Å². The zero-order chi connectivity index (χ0) is 13.0. The number of furan rings is 1. The van der Waals surface area contributed by atoms with Crippen molar-refractivity contribution in [2.45, 2.75) is 38.4 Å². The molecular weight excluding hydrogens is 243 g/mol. The first-order valence-corrected chi connectivity index (χ1v) is 6.35. The van der Waals surface area contributed by atoms with Gasteiger partial charge in [0.1, 0.15) is 5.76 Å². The Morgan fingerprint density at radius 1 is 1.22 bits per heavy atom. The standard InChI is InChI=1S/C13H18F3NO/c14-13(15,16)11-5-3-10(4-6-11)8-17-9-12-2-1-7-18-12/h1-2,7,10-11,17H,3-6,8-9H2. The second-order valence-electron chi connectivity index (χ2n) is 4.97. The molecule has 1 saturated carbocycles.